The number of methoxy groups -OCH3 is 1. The van der Waals surface area contributed by atoms with Crippen molar-refractivity contribution < 1.29 is 9.53 Å². The van der Waals surface area contributed by atoms with Gasteiger partial charge in [0.1, 0.15) is 5.54 Å². The molecule has 0 aromatic heterocycles. The minimum atomic E-state index is -0.425. The maximum Gasteiger partial charge on any atom is 0.326 e. The van der Waals surface area contributed by atoms with Crippen LogP contribution in [-0.2, 0) is 9.53 Å². The third-order valence-corrected chi connectivity index (χ3v) is 4.02. The molecule has 0 aliphatic carbocycles. The number of fused-ring (bicyclic) bond motifs is 2. The van der Waals surface area contributed by atoms with Crippen LogP contribution in [0.5, 0.6) is 0 Å². The van der Waals surface area contributed by atoms with E-state index in [0.29, 0.717) is 5.92 Å². The summed E-state index contributed by atoms with van der Waals surface area (Å²) in [6.45, 7) is 3.24. The average Bonchev–Trinajstić information content (AvgIpc) is 2.30. The zero-order valence-corrected chi connectivity index (χ0v) is 9.58. The molecular formula is C11H20N2O2. The first kappa shape index (κ1) is 10.9. The monoisotopic (exact) mass is 212 g/mol. The van der Waals surface area contributed by atoms with Gasteiger partial charge in [0.05, 0.1) is 7.11 Å². The molecule has 0 aromatic carbocycles. The van der Waals surface area contributed by atoms with Gasteiger partial charge >= 0.3 is 5.97 Å². The fourth-order valence-electron chi connectivity index (χ4n) is 3.08. The highest BCUT2D eigenvalue weighted by Crippen LogP contribution is 2.35. The molecule has 3 unspecified atom stereocenters. The Morgan fingerprint density at radius 2 is 2.33 bits per heavy atom. The molecule has 1 N–H and O–H groups in total. The number of rotatable bonds is 2. The number of piperidine rings is 2. The number of ether oxygens (including phenoxy) is 1. The van der Waals surface area contributed by atoms with Crippen molar-refractivity contribution in [3.8, 4) is 0 Å². The molecule has 86 valence electrons. The molecule has 2 aliphatic rings. The number of esters is 1. The molecule has 4 nitrogen and oxygen atoms in total. The molecule has 2 saturated heterocycles. The average molecular weight is 212 g/mol. The van der Waals surface area contributed by atoms with E-state index in [1.54, 1.807) is 0 Å². The van der Waals surface area contributed by atoms with Crippen molar-refractivity contribution in [1.82, 2.24) is 10.2 Å². The summed E-state index contributed by atoms with van der Waals surface area (Å²) in [5.74, 6) is 0.328. The fourth-order valence-corrected chi connectivity index (χ4v) is 3.08. The van der Waals surface area contributed by atoms with Gasteiger partial charge in [-0.05, 0) is 32.9 Å². The Morgan fingerprint density at radius 3 is 3.00 bits per heavy atom. The minimum absolute atomic E-state index is 0.0865. The maximum absolute atomic E-state index is 11.9. The number of likely N-dealkylation sites (N-methyl/N-ethyl adjacent to an activating group) is 1. The van der Waals surface area contributed by atoms with Gasteiger partial charge in [-0.15, -0.1) is 0 Å². The van der Waals surface area contributed by atoms with Crippen molar-refractivity contribution in [2.45, 2.75) is 24.8 Å². The highest BCUT2D eigenvalue weighted by Gasteiger charge is 2.49. The second-order valence-corrected chi connectivity index (χ2v) is 4.60. The molecular weight excluding hydrogens is 192 g/mol. The van der Waals surface area contributed by atoms with Gasteiger partial charge in [-0.2, -0.15) is 0 Å². The molecule has 3 atom stereocenters. The van der Waals surface area contributed by atoms with Crippen molar-refractivity contribution in [3.05, 3.63) is 0 Å². The van der Waals surface area contributed by atoms with Crippen molar-refractivity contribution >= 4 is 5.97 Å². The lowest BCUT2D eigenvalue weighted by molar-refractivity contribution is -0.155. The van der Waals surface area contributed by atoms with Gasteiger partial charge in [0.2, 0.25) is 0 Å². The van der Waals surface area contributed by atoms with Crippen molar-refractivity contribution in [1.29, 1.82) is 0 Å². The molecule has 4 heteroatoms. The van der Waals surface area contributed by atoms with E-state index in [-0.39, 0.29) is 5.97 Å². The maximum atomic E-state index is 11.9. The summed E-state index contributed by atoms with van der Waals surface area (Å²) in [6.07, 6.45) is 3.21. The largest absolute Gasteiger partial charge is 0.468 e. The molecule has 2 aliphatic heterocycles. The fraction of sp³-hybridized carbons (Fsp3) is 0.909. The Balaban J connectivity index is 2.20. The van der Waals surface area contributed by atoms with E-state index in [9.17, 15) is 4.79 Å². The van der Waals surface area contributed by atoms with Crippen molar-refractivity contribution in [2.24, 2.45) is 5.92 Å². The van der Waals surface area contributed by atoms with Crippen LogP contribution in [0.1, 0.15) is 19.3 Å². The predicted octanol–water partition coefficient (Wildman–Crippen LogP) is 0.233. The molecule has 2 rings (SSSR count). The summed E-state index contributed by atoms with van der Waals surface area (Å²) < 4.78 is 4.96. The smallest absolute Gasteiger partial charge is 0.326 e. The van der Waals surface area contributed by atoms with Crippen LogP contribution < -0.4 is 5.32 Å². The summed E-state index contributed by atoms with van der Waals surface area (Å²) in [4.78, 5) is 14.4. The second-order valence-electron chi connectivity index (χ2n) is 4.60. The third-order valence-electron chi connectivity index (χ3n) is 4.02. The van der Waals surface area contributed by atoms with Crippen molar-refractivity contribution in [3.63, 3.8) is 0 Å². The summed E-state index contributed by atoms with van der Waals surface area (Å²) >= 11 is 0. The van der Waals surface area contributed by atoms with E-state index in [0.717, 1.165) is 25.9 Å². The predicted molar refractivity (Wildman–Crippen MR) is 57.6 cm³/mol. The molecule has 0 radical (unpaired) electrons. The highest BCUT2D eigenvalue weighted by atomic mass is 16.5. The molecule has 2 bridgehead atoms. The first-order valence-corrected chi connectivity index (χ1v) is 5.72. The van der Waals surface area contributed by atoms with E-state index in [1.807, 2.05) is 7.05 Å². The lowest BCUT2D eigenvalue weighted by Gasteiger charge is -2.48. The van der Waals surface area contributed by atoms with Crippen LogP contribution in [0.2, 0.25) is 0 Å². The zero-order valence-electron chi connectivity index (χ0n) is 9.58. The quantitative estimate of drug-likeness (QED) is 0.665. The van der Waals surface area contributed by atoms with Gasteiger partial charge in [0.25, 0.3) is 0 Å². The topological polar surface area (TPSA) is 41.6 Å². The van der Waals surface area contributed by atoms with Gasteiger partial charge in [-0.1, -0.05) is 0 Å². The molecule has 15 heavy (non-hydrogen) atoms. The zero-order chi connectivity index (χ0) is 10.9. The molecule has 2 fully saturated rings. The number of nitrogens with zero attached hydrogens (tertiary/aromatic N) is 1. The van der Waals surface area contributed by atoms with Gasteiger partial charge in [0.15, 0.2) is 0 Å². The van der Waals surface area contributed by atoms with Crippen LogP contribution in [-0.4, -0.2) is 50.2 Å². The molecule has 0 saturated carbocycles. The number of hydrogen-bond acceptors (Lipinski definition) is 4. The van der Waals surface area contributed by atoms with Crippen LogP contribution >= 0.6 is 0 Å². The van der Waals surface area contributed by atoms with E-state index in [4.69, 9.17) is 4.74 Å². The lowest BCUT2D eigenvalue weighted by atomic mass is 9.73. The van der Waals surface area contributed by atoms with Crippen LogP contribution in [0.15, 0.2) is 0 Å². The van der Waals surface area contributed by atoms with E-state index in [2.05, 4.69) is 10.2 Å². The van der Waals surface area contributed by atoms with Crippen LogP contribution in [0, 0.1) is 5.92 Å². The minimum Gasteiger partial charge on any atom is -0.468 e. The van der Waals surface area contributed by atoms with Crippen LogP contribution in [0.3, 0.4) is 0 Å². The molecule has 2 heterocycles. The first-order chi connectivity index (χ1) is 7.23. The van der Waals surface area contributed by atoms with Gasteiger partial charge in [-0.3, -0.25) is 4.79 Å². The Morgan fingerprint density at radius 1 is 1.53 bits per heavy atom. The van der Waals surface area contributed by atoms with Crippen LogP contribution in [0.25, 0.3) is 0 Å². The van der Waals surface area contributed by atoms with E-state index >= 15 is 0 Å². The molecule has 0 spiro atoms. The number of nitrogens with one attached hydrogen (secondary N) is 1. The second kappa shape index (κ2) is 4.10. The van der Waals surface area contributed by atoms with Gasteiger partial charge in [0, 0.05) is 19.0 Å². The highest BCUT2D eigenvalue weighted by molar-refractivity contribution is 5.81. The number of carbonyl (C=O) groups is 1. The molecule has 0 amide bonds. The van der Waals surface area contributed by atoms with E-state index in [1.165, 1.54) is 20.1 Å². The summed E-state index contributed by atoms with van der Waals surface area (Å²) in [6, 6.07) is 0. The standard InChI is InChI=1S/C11H20N2O2/c1-12-11(10(14)15-2)5-7-13-6-3-4-9(11)8-13/h9,12H,3-8H2,1-2H3. The summed E-state index contributed by atoms with van der Waals surface area (Å²) in [5.41, 5.74) is -0.425. The first-order valence-electron chi connectivity index (χ1n) is 5.72. The van der Waals surface area contributed by atoms with Crippen LogP contribution in [0.4, 0.5) is 0 Å². The van der Waals surface area contributed by atoms with E-state index < -0.39 is 5.54 Å². The Bertz CT molecular complexity index is 257. The summed E-state index contributed by atoms with van der Waals surface area (Å²) in [7, 11) is 3.36. The SMILES string of the molecule is CNC1(C(=O)OC)CCN2CCCC1C2. The Kier molecular flexibility index (Phi) is 2.98. The normalized spacial score (nSPS) is 39.9. The van der Waals surface area contributed by atoms with Gasteiger partial charge in [-0.25, -0.2) is 0 Å². The number of hydrogen-bond donors (Lipinski definition) is 1. The van der Waals surface area contributed by atoms with Gasteiger partial charge < -0.3 is 15.0 Å². The Hall–Kier alpha value is -0.610. The number of carbonyl (C=O) groups excluding carboxylic acids is 1. The molecule has 0 aromatic rings. The summed E-state index contributed by atoms with van der Waals surface area (Å²) in [5, 5.41) is 3.22. The Labute approximate surface area is 91.0 Å². The van der Waals surface area contributed by atoms with Crippen molar-refractivity contribution in [2.75, 3.05) is 33.8 Å². The third kappa shape index (κ3) is 1.66. The lowest BCUT2D eigenvalue weighted by Crippen LogP contribution is -2.65.